The van der Waals surface area contributed by atoms with E-state index >= 15 is 0 Å². The average molecular weight is 382 g/mol. The minimum absolute atomic E-state index is 0. The van der Waals surface area contributed by atoms with Gasteiger partial charge >= 0.3 is 0 Å². The lowest BCUT2D eigenvalue weighted by molar-refractivity contribution is -0.00871. The fraction of sp³-hybridized carbons (Fsp3) is 0.588. The van der Waals surface area contributed by atoms with Crippen molar-refractivity contribution in [2.24, 2.45) is 0 Å². The Morgan fingerprint density at radius 3 is 2.77 bits per heavy atom. The van der Waals surface area contributed by atoms with Crippen LogP contribution < -0.4 is 0 Å². The van der Waals surface area contributed by atoms with Gasteiger partial charge in [0.25, 0.3) is 0 Å². The molecule has 0 aliphatic carbocycles. The summed E-state index contributed by atoms with van der Waals surface area (Å²) in [5, 5.41) is 8.68. The zero-order valence-electron chi connectivity index (χ0n) is 14.3. The summed E-state index contributed by atoms with van der Waals surface area (Å²) in [7, 11) is 0. The van der Waals surface area contributed by atoms with Gasteiger partial charge in [-0.2, -0.15) is 0 Å². The largest absolute Gasteiger partial charge is 0.381 e. The number of likely N-dealkylation sites (tertiary alicyclic amines) is 1. The predicted molar refractivity (Wildman–Crippen MR) is 93.5 cm³/mol. The van der Waals surface area contributed by atoms with Gasteiger partial charge in [-0.1, -0.05) is 5.21 Å². The molecule has 2 saturated heterocycles. The maximum Gasteiger partial charge on any atom is 0.141 e. The van der Waals surface area contributed by atoms with Crippen LogP contribution in [0.1, 0.15) is 24.6 Å². The molecule has 0 spiro atoms. The number of nitrogens with zero attached hydrogens (tertiary/aromatic N) is 5. The molecule has 0 bridgehead atoms. The summed E-state index contributed by atoms with van der Waals surface area (Å²) < 4.78 is 26.7. The Bertz CT molecular complexity index is 765. The third-order valence-corrected chi connectivity index (χ3v) is 5.48. The lowest BCUT2D eigenvalue weighted by Gasteiger charge is -2.30. The van der Waals surface area contributed by atoms with Crippen molar-refractivity contribution in [3.8, 4) is 11.4 Å². The molecule has 5 heterocycles. The second-order valence-corrected chi connectivity index (χ2v) is 6.91. The van der Waals surface area contributed by atoms with E-state index in [1.807, 2.05) is 4.68 Å². The fourth-order valence-corrected chi connectivity index (χ4v) is 4.15. The second kappa shape index (κ2) is 7.19. The molecule has 2 aromatic rings. The van der Waals surface area contributed by atoms with Gasteiger partial charge in [0.2, 0.25) is 0 Å². The van der Waals surface area contributed by atoms with Crippen LogP contribution in [0.4, 0.5) is 4.39 Å². The molecule has 0 radical (unpaired) electrons. The molecule has 3 aliphatic rings. The molecule has 3 aliphatic heterocycles. The molecule has 5 rings (SSSR count). The van der Waals surface area contributed by atoms with E-state index in [9.17, 15) is 4.39 Å². The van der Waals surface area contributed by atoms with Gasteiger partial charge in [0.05, 0.1) is 36.3 Å². The van der Waals surface area contributed by atoms with E-state index in [-0.39, 0.29) is 30.4 Å². The number of pyridine rings is 1. The summed E-state index contributed by atoms with van der Waals surface area (Å²) in [6.45, 7) is 3.99. The van der Waals surface area contributed by atoms with Gasteiger partial charge in [-0.25, -0.2) is 9.07 Å². The van der Waals surface area contributed by atoms with E-state index in [4.69, 9.17) is 9.47 Å². The highest BCUT2D eigenvalue weighted by atomic mass is 35.5. The minimum Gasteiger partial charge on any atom is -0.381 e. The molecule has 2 fully saturated rings. The fourth-order valence-electron chi connectivity index (χ4n) is 4.15. The van der Waals surface area contributed by atoms with E-state index in [0.29, 0.717) is 24.0 Å². The molecule has 0 amide bonds. The van der Waals surface area contributed by atoms with E-state index in [1.165, 1.54) is 12.3 Å². The molecule has 140 valence electrons. The number of halogens is 2. The maximum absolute atomic E-state index is 13.1. The van der Waals surface area contributed by atoms with Crippen molar-refractivity contribution in [2.75, 3.05) is 26.3 Å². The SMILES string of the molecule is Cl.Fc1ccc(-c2nnn3c2CO[C@H]2CN(C4CCOCC4)C[C@@H]23)nc1. The smallest absolute Gasteiger partial charge is 0.141 e. The van der Waals surface area contributed by atoms with E-state index in [1.54, 1.807) is 6.07 Å². The highest BCUT2D eigenvalue weighted by molar-refractivity contribution is 5.85. The monoisotopic (exact) mass is 381 g/mol. The number of ether oxygens (including phenoxy) is 2. The quantitative estimate of drug-likeness (QED) is 0.790. The number of aromatic nitrogens is 4. The maximum atomic E-state index is 13.1. The van der Waals surface area contributed by atoms with Crippen LogP contribution in [0.5, 0.6) is 0 Å². The summed E-state index contributed by atoms with van der Waals surface area (Å²) in [6.07, 6.45) is 3.50. The van der Waals surface area contributed by atoms with E-state index in [0.717, 1.165) is 44.8 Å². The third kappa shape index (κ3) is 3.00. The van der Waals surface area contributed by atoms with Crippen molar-refractivity contribution in [3.63, 3.8) is 0 Å². The topological polar surface area (TPSA) is 65.3 Å². The highest BCUT2D eigenvalue weighted by Crippen LogP contribution is 2.35. The van der Waals surface area contributed by atoms with E-state index in [2.05, 4.69) is 20.2 Å². The third-order valence-electron chi connectivity index (χ3n) is 5.48. The molecule has 7 nitrogen and oxygen atoms in total. The van der Waals surface area contributed by atoms with Crippen LogP contribution in [0.3, 0.4) is 0 Å². The molecule has 2 atom stereocenters. The Morgan fingerprint density at radius 1 is 1.15 bits per heavy atom. The molecule has 9 heteroatoms. The summed E-state index contributed by atoms with van der Waals surface area (Å²) >= 11 is 0. The second-order valence-electron chi connectivity index (χ2n) is 6.91. The van der Waals surface area contributed by atoms with Crippen molar-refractivity contribution in [3.05, 3.63) is 29.8 Å². The van der Waals surface area contributed by atoms with Crippen LogP contribution in [0.2, 0.25) is 0 Å². The van der Waals surface area contributed by atoms with Gasteiger partial charge < -0.3 is 9.47 Å². The zero-order valence-corrected chi connectivity index (χ0v) is 15.1. The molecule has 0 unspecified atom stereocenters. The molecule has 2 aromatic heterocycles. The van der Waals surface area contributed by atoms with Gasteiger partial charge in [-0.05, 0) is 25.0 Å². The number of hydrogen-bond donors (Lipinski definition) is 0. The Kier molecular flexibility index (Phi) is 4.92. The summed E-state index contributed by atoms with van der Waals surface area (Å²) in [4.78, 5) is 6.64. The Labute approximate surface area is 156 Å². The first-order chi connectivity index (χ1) is 12.3. The minimum atomic E-state index is -0.357. The highest BCUT2D eigenvalue weighted by Gasteiger charge is 2.43. The summed E-state index contributed by atoms with van der Waals surface area (Å²) in [6, 6.07) is 3.76. The first-order valence-corrected chi connectivity index (χ1v) is 8.79. The van der Waals surface area contributed by atoms with Gasteiger partial charge in [-0.15, -0.1) is 17.5 Å². The molecule has 0 saturated carbocycles. The molecular formula is C17H21ClFN5O2. The zero-order chi connectivity index (χ0) is 16.8. The molecule has 0 aromatic carbocycles. The van der Waals surface area contributed by atoms with Crippen molar-refractivity contribution >= 4 is 12.4 Å². The normalized spacial score (nSPS) is 26.2. The van der Waals surface area contributed by atoms with Crippen LogP contribution in [-0.2, 0) is 16.1 Å². The lowest BCUT2D eigenvalue weighted by atomic mass is 10.1. The summed E-state index contributed by atoms with van der Waals surface area (Å²) in [5.74, 6) is -0.357. The first-order valence-electron chi connectivity index (χ1n) is 8.79. The Hall–Kier alpha value is -1.61. The van der Waals surface area contributed by atoms with Gasteiger partial charge in [-0.3, -0.25) is 9.88 Å². The lowest BCUT2D eigenvalue weighted by Crippen LogP contribution is -2.38. The number of rotatable bonds is 2. The van der Waals surface area contributed by atoms with E-state index < -0.39 is 0 Å². The van der Waals surface area contributed by atoms with Crippen molar-refractivity contribution in [1.29, 1.82) is 0 Å². The van der Waals surface area contributed by atoms with Crippen LogP contribution in [0.25, 0.3) is 11.4 Å². The predicted octanol–water partition coefficient (Wildman–Crippen LogP) is 1.84. The first kappa shape index (κ1) is 17.8. The molecular weight excluding hydrogens is 361 g/mol. The van der Waals surface area contributed by atoms with Crippen LogP contribution in [0, 0.1) is 5.82 Å². The Balaban J connectivity index is 0.00000168. The standard InChI is InChI=1S/C17H20FN5O2.ClH/c18-11-1-2-13(19-7-11)17-15-10-25-16-9-22(12-3-5-24-6-4-12)8-14(16)23(15)21-20-17;/h1-2,7,12,14,16H,3-6,8-10H2;1H/t14-,16-;/m0./s1. The van der Waals surface area contributed by atoms with Crippen LogP contribution in [-0.4, -0.2) is 63.3 Å². The van der Waals surface area contributed by atoms with Crippen LogP contribution >= 0.6 is 12.4 Å². The number of fused-ring (bicyclic) bond motifs is 3. The van der Waals surface area contributed by atoms with Crippen LogP contribution in [0.15, 0.2) is 18.3 Å². The van der Waals surface area contributed by atoms with Crippen molar-refractivity contribution in [2.45, 2.75) is 37.6 Å². The Morgan fingerprint density at radius 2 is 2.00 bits per heavy atom. The molecule has 26 heavy (non-hydrogen) atoms. The van der Waals surface area contributed by atoms with Crippen molar-refractivity contribution in [1.82, 2.24) is 24.9 Å². The van der Waals surface area contributed by atoms with Gasteiger partial charge in [0.15, 0.2) is 0 Å². The van der Waals surface area contributed by atoms with Gasteiger partial charge in [0.1, 0.15) is 11.5 Å². The average Bonchev–Trinajstić information content (AvgIpc) is 3.27. The molecule has 0 N–H and O–H groups in total. The number of hydrogen-bond acceptors (Lipinski definition) is 6. The summed E-state index contributed by atoms with van der Waals surface area (Å²) in [5.41, 5.74) is 2.24. The van der Waals surface area contributed by atoms with Crippen molar-refractivity contribution < 1.29 is 13.9 Å². The van der Waals surface area contributed by atoms with Gasteiger partial charge in [0, 0.05) is 32.3 Å².